The van der Waals surface area contributed by atoms with Gasteiger partial charge in [-0.15, -0.1) is 0 Å². The number of nitrogens with one attached hydrogen (secondary N) is 2. The number of carboxylic acid groups (broad SMARTS) is 1. The van der Waals surface area contributed by atoms with Crippen LogP contribution in [0.5, 0.6) is 0 Å². The second-order valence-corrected chi connectivity index (χ2v) is 5.75. The number of carbonyl (C=O) groups excluding carboxylic acids is 1. The lowest BCUT2D eigenvalue weighted by atomic mass is 10.0. The standard InChI is InChI=1S/C16H24N2O4/c1-11(2)9-14(16(20)21)17-10-13-5-3-12(4-6-13)7-8-15(19)18-22/h3-6,11,14,17,22H,7-10H2,1-2H3,(H,18,19)(H,20,21)/t14-/m0/s1. The molecule has 1 aromatic carbocycles. The number of aliphatic carboxylic acids is 1. The quantitative estimate of drug-likeness (QED) is 0.411. The highest BCUT2D eigenvalue weighted by molar-refractivity contribution is 5.74. The van der Waals surface area contributed by atoms with Gasteiger partial charge in [-0.25, -0.2) is 5.48 Å². The largest absolute Gasteiger partial charge is 0.480 e. The summed E-state index contributed by atoms with van der Waals surface area (Å²) >= 11 is 0. The van der Waals surface area contributed by atoms with Crippen LogP contribution in [0.25, 0.3) is 0 Å². The van der Waals surface area contributed by atoms with Crippen molar-refractivity contribution in [1.29, 1.82) is 0 Å². The molecule has 122 valence electrons. The lowest BCUT2D eigenvalue weighted by Crippen LogP contribution is -2.37. The SMILES string of the molecule is CC(C)C[C@H](NCc1ccc(CCC(=O)NO)cc1)C(=O)O. The van der Waals surface area contributed by atoms with Crippen LogP contribution in [0.1, 0.15) is 37.8 Å². The molecule has 0 aromatic heterocycles. The van der Waals surface area contributed by atoms with E-state index < -0.39 is 17.9 Å². The van der Waals surface area contributed by atoms with Gasteiger partial charge in [0.05, 0.1) is 0 Å². The molecule has 4 N–H and O–H groups in total. The molecular weight excluding hydrogens is 284 g/mol. The van der Waals surface area contributed by atoms with Crippen LogP contribution < -0.4 is 10.8 Å². The van der Waals surface area contributed by atoms with E-state index in [0.29, 0.717) is 25.3 Å². The van der Waals surface area contributed by atoms with E-state index in [4.69, 9.17) is 10.3 Å². The summed E-state index contributed by atoms with van der Waals surface area (Å²) in [5.41, 5.74) is 3.58. The molecule has 0 aliphatic carbocycles. The molecule has 0 heterocycles. The van der Waals surface area contributed by atoms with Crippen molar-refractivity contribution in [1.82, 2.24) is 10.8 Å². The van der Waals surface area contributed by atoms with Gasteiger partial charge in [-0.05, 0) is 29.9 Å². The van der Waals surface area contributed by atoms with E-state index >= 15 is 0 Å². The molecule has 1 aromatic rings. The Morgan fingerprint density at radius 2 is 1.73 bits per heavy atom. The second kappa shape index (κ2) is 9.17. The molecule has 0 saturated heterocycles. The zero-order valence-electron chi connectivity index (χ0n) is 13.0. The predicted molar refractivity (Wildman–Crippen MR) is 82.4 cm³/mol. The van der Waals surface area contributed by atoms with Gasteiger partial charge in [0.15, 0.2) is 0 Å². The van der Waals surface area contributed by atoms with E-state index in [1.807, 2.05) is 38.1 Å². The third kappa shape index (κ3) is 6.69. The van der Waals surface area contributed by atoms with Crippen molar-refractivity contribution in [2.45, 2.75) is 45.7 Å². The van der Waals surface area contributed by atoms with Gasteiger partial charge in [0, 0.05) is 13.0 Å². The topological polar surface area (TPSA) is 98.7 Å². The predicted octanol–water partition coefficient (Wildman–Crippen LogP) is 1.71. The van der Waals surface area contributed by atoms with Crippen molar-refractivity contribution < 1.29 is 19.9 Å². The lowest BCUT2D eigenvalue weighted by molar-refractivity contribution is -0.140. The average Bonchev–Trinajstić information content (AvgIpc) is 2.49. The highest BCUT2D eigenvalue weighted by Gasteiger charge is 2.17. The maximum atomic E-state index is 11.2. The minimum Gasteiger partial charge on any atom is -0.480 e. The molecule has 1 atom stereocenters. The number of aryl methyl sites for hydroxylation is 1. The minimum atomic E-state index is -0.833. The van der Waals surface area contributed by atoms with Crippen LogP contribution in [0, 0.1) is 5.92 Å². The highest BCUT2D eigenvalue weighted by Crippen LogP contribution is 2.09. The van der Waals surface area contributed by atoms with Gasteiger partial charge in [-0.3, -0.25) is 14.8 Å². The van der Waals surface area contributed by atoms with Crippen LogP contribution in [0.15, 0.2) is 24.3 Å². The number of benzene rings is 1. The van der Waals surface area contributed by atoms with Gasteiger partial charge in [0.2, 0.25) is 5.91 Å². The Bertz CT molecular complexity index is 485. The Hall–Kier alpha value is -1.92. The first-order chi connectivity index (χ1) is 10.4. The summed E-state index contributed by atoms with van der Waals surface area (Å²) in [6.45, 7) is 4.48. The maximum Gasteiger partial charge on any atom is 0.320 e. The first kappa shape index (κ1) is 18.1. The molecule has 1 amide bonds. The molecule has 0 bridgehead atoms. The number of carbonyl (C=O) groups is 2. The first-order valence-corrected chi connectivity index (χ1v) is 7.39. The summed E-state index contributed by atoms with van der Waals surface area (Å²) in [6.07, 6.45) is 1.36. The molecule has 0 spiro atoms. The Labute approximate surface area is 130 Å². The van der Waals surface area contributed by atoms with Gasteiger partial charge < -0.3 is 10.4 Å². The van der Waals surface area contributed by atoms with E-state index in [9.17, 15) is 9.59 Å². The van der Waals surface area contributed by atoms with Gasteiger partial charge in [0.1, 0.15) is 6.04 Å². The molecule has 0 saturated carbocycles. The van der Waals surface area contributed by atoms with E-state index in [0.717, 1.165) is 11.1 Å². The molecule has 6 nitrogen and oxygen atoms in total. The van der Waals surface area contributed by atoms with Crippen molar-refractivity contribution in [2.75, 3.05) is 0 Å². The maximum absolute atomic E-state index is 11.2. The van der Waals surface area contributed by atoms with Gasteiger partial charge in [0.25, 0.3) is 0 Å². The van der Waals surface area contributed by atoms with Crippen molar-refractivity contribution in [3.63, 3.8) is 0 Å². The molecule has 22 heavy (non-hydrogen) atoms. The van der Waals surface area contributed by atoms with Gasteiger partial charge in [-0.2, -0.15) is 0 Å². The van der Waals surface area contributed by atoms with Crippen molar-refractivity contribution >= 4 is 11.9 Å². The van der Waals surface area contributed by atoms with E-state index in [1.165, 1.54) is 0 Å². The van der Waals surface area contributed by atoms with E-state index in [1.54, 1.807) is 5.48 Å². The van der Waals surface area contributed by atoms with Crippen molar-refractivity contribution in [3.05, 3.63) is 35.4 Å². The molecule has 0 unspecified atom stereocenters. The second-order valence-electron chi connectivity index (χ2n) is 5.75. The minimum absolute atomic E-state index is 0.226. The molecule has 0 radical (unpaired) electrons. The molecule has 0 aliphatic heterocycles. The molecule has 0 fully saturated rings. The van der Waals surface area contributed by atoms with Crippen molar-refractivity contribution in [3.8, 4) is 0 Å². The lowest BCUT2D eigenvalue weighted by Gasteiger charge is -2.16. The third-order valence-corrected chi connectivity index (χ3v) is 3.35. The third-order valence-electron chi connectivity index (χ3n) is 3.35. The number of rotatable bonds is 9. The zero-order chi connectivity index (χ0) is 16.5. The number of hydrogen-bond donors (Lipinski definition) is 4. The fraction of sp³-hybridized carbons (Fsp3) is 0.500. The van der Waals surface area contributed by atoms with Crippen LogP contribution in [-0.4, -0.2) is 28.2 Å². The summed E-state index contributed by atoms with van der Waals surface area (Å²) in [5.74, 6) is -0.933. The Balaban J connectivity index is 2.49. The summed E-state index contributed by atoms with van der Waals surface area (Å²) in [5, 5.41) is 20.6. The fourth-order valence-electron chi connectivity index (χ4n) is 2.12. The molecule has 1 rings (SSSR count). The summed E-state index contributed by atoms with van der Waals surface area (Å²) in [4.78, 5) is 22.1. The van der Waals surface area contributed by atoms with Gasteiger partial charge >= 0.3 is 5.97 Å². The summed E-state index contributed by atoms with van der Waals surface area (Å²) < 4.78 is 0. The number of hydrogen-bond acceptors (Lipinski definition) is 4. The smallest absolute Gasteiger partial charge is 0.320 e. The van der Waals surface area contributed by atoms with Crippen LogP contribution in [0.2, 0.25) is 0 Å². The van der Waals surface area contributed by atoms with Crippen LogP contribution >= 0.6 is 0 Å². The van der Waals surface area contributed by atoms with Crippen molar-refractivity contribution in [2.24, 2.45) is 5.92 Å². The molecule has 6 heteroatoms. The van der Waals surface area contributed by atoms with E-state index in [2.05, 4.69) is 5.32 Å². The highest BCUT2D eigenvalue weighted by atomic mass is 16.5. The number of hydroxylamine groups is 1. The Morgan fingerprint density at radius 1 is 1.14 bits per heavy atom. The fourth-order valence-corrected chi connectivity index (χ4v) is 2.12. The normalized spacial score (nSPS) is 12.2. The first-order valence-electron chi connectivity index (χ1n) is 7.39. The van der Waals surface area contributed by atoms with Crippen LogP contribution in [0.4, 0.5) is 0 Å². The Kier molecular flexibility index (Phi) is 7.56. The number of carboxylic acids is 1. The molecule has 0 aliphatic rings. The number of amides is 1. The average molecular weight is 308 g/mol. The molecular formula is C16H24N2O4. The monoisotopic (exact) mass is 308 g/mol. The van der Waals surface area contributed by atoms with E-state index in [-0.39, 0.29) is 6.42 Å². The van der Waals surface area contributed by atoms with Crippen LogP contribution in [-0.2, 0) is 22.6 Å². The summed E-state index contributed by atoms with van der Waals surface area (Å²) in [7, 11) is 0. The Morgan fingerprint density at radius 3 is 2.23 bits per heavy atom. The van der Waals surface area contributed by atoms with Crippen LogP contribution in [0.3, 0.4) is 0 Å². The van der Waals surface area contributed by atoms with Gasteiger partial charge in [-0.1, -0.05) is 38.1 Å². The summed E-state index contributed by atoms with van der Waals surface area (Å²) in [6, 6.07) is 7.08. The zero-order valence-corrected chi connectivity index (χ0v) is 13.0.